The van der Waals surface area contributed by atoms with Gasteiger partial charge in [0.2, 0.25) is 0 Å². The van der Waals surface area contributed by atoms with Gasteiger partial charge in [-0.15, -0.1) is 0 Å². The molecule has 3 N–H and O–H groups in total. The predicted molar refractivity (Wildman–Crippen MR) is 90.5 cm³/mol. The minimum Gasteiger partial charge on any atom is -0.493 e. The van der Waals surface area contributed by atoms with Gasteiger partial charge in [0.25, 0.3) is 0 Å². The summed E-state index contributed by atoms with van der Waals surface area (Å²) in [6, 6.07) is 13.5. The highest BCUT2D eigenvalue weighted by molar-refractivity contribution is 9.10. The first-order chi connectivity index (χ1) is 10.2. The van der Waals surface area contributed by atoms with Crippen LogP contribution in [-0.4, -0.2) is 6.61 Å². The zero-order valence-corrected chi connectivity index (χ0v) is 14.1. The number of nitrogens with two attached hydrogens (primary N) is 1. The number of hydrogen-bond acceptors (Lipinski definition) is 3. The average molecular weight is 370 g/mol. The maximum atomic E-state index is 6.18. The van der Waals surface area contributed by atoms with Gasteiger partial charge in [0.15, 0.2) is 0 Å². The molecule has 2 rings (SSSR count). The zero-order chi connectivity index (χ0) is 15.2. The molecule has 0 aliphatic heterocycles. The molecule has 0 spiro atoms. The standard InChI is InChI=1S/C16H18BrClN2O/c1-2-9-21-15-6-4-3-5-12(15)16(20-19)11-7-8-13(17)14(18)10-11/h3-8,10,16,20H,2,9,19H2,1H3. The molecular formula is C16H18BrClN2O. The number of ether oxygens (including phenoxy) is 1. The molecule has 0 heterocycles. The minimum absolute atomic E-state index is 0.177. The van der Waals surface area contributed by atoms with Crippen molar-refractivity contribution in [2.45, 2.75) is 19.4 Å². The van der Waals surface area contributed by atoms with E-state index in [1.54, 1.807) is 0 Å². The smallest absolute Gasteiger partial charge is 0.124 e. The molecule has 3 nitrogen and oxygen atoms in total. The van der Waals surface area contributed by atoms with Crippen molar-refractivity contribution in [1.29, 1.82) is 0 Å². The van der Waals surface area contributed by atoms with Crippen LogP contribution < -0.4 is 16.0 Å². The third kappa shape index (κ3) is 3.98. The summed E-state index contributed by atoms with van der Waals surface area (Å²) in [4.78, 5) is 0. The summed E-state index contributed by atoms with van der Waals surface area (Å²) in [5.74, 6) is 6.60. The van der Waals surface area contributed by atoms with Gasteiger partial charge in [-0.3, -0.25) is 5.84 Å². The van der Waals surface area contributed by atoms with Crippen molar-refractivity contribution in [1.82, 2.24) is 5.43 Å². The van der Waals surface area contributed by atoms with Crippen molar-refractivity contribution in [3.63, 3.8) is 0 Å². The van der Waals surface area contributed by atoms with Crippen LogP contribution >= 0.6 is 27.5 Å². The van der Waals surface area contributed by atoms with Crippen LogP contribution in [0.25, 0.3) is 0 Å². The van der Waals surface area contributed by atoms with Crippen LogP contribution in [0.3, 0.4) is 0 Å². The number of halogens is 2. The Labute approximate surface area is 138 Å². The van der Waals surface area contributed by atoms with Gasteiger partial charge in [-0.25, -0.2) is 5.43 Å². The van der Waals surface area contributed by atoms with Crippen LogP contribution in [-0.2, 0) is 0 Å². The number of nitrogens with one attached hydrogen (secondary N) is 1. The van der Waals surface area contributed by atoms with E-state index < -0.39 is 0 Å². The second-order valence-corrected chi connectivity index (χ2v) is 5.92. The fraction of sp³-hybridized carbons (Fsp3) is 0.250. The van der Waals surface area contributed by atoms with Gasteiger partial charge in [0.1, 0.15) is 5.75 Å². The predicted octanol–water partition coefficient (Wildman–Crippen LogP) is 4.44. The Morgan fingerprint density at radius 2 is 2.05 bits per heavy atom. The molecule has 0 bridgehead atoms. The highest BCUT2D eigenvalue weighted by Gasteiger charge is 2.17. The number of hydrogen-bond donors (Lipinski definition) is 2. The van der Waals surface area contributed by atoms with Gasteiger partial charge in [-0.2, -0.15) is 0 Å². The van der Waals surface area contributed by atoms with Crippen LogP contribution in [0, 0.1) is 0 Å². The molecule has 0 aliphatic carbocycles. The van der Waals surface area contributed by atoms with Crippen LogP contribution in [0.5, 0.6) is 5.75 Å². The van der Waals surface area contributed by atoms with Gasteiger partial charge < -0.3 is 4.74 Å². The van der Waals surface area contributed by atoms with Crippen molar-refractivity contribution in [2.75, 3.05) is 6.61 Å². The quantitative estimate of drug-likeness (QED) is 0.584. The molecule has 0 fully saturated rings. The second kappa shape index (κ2) is 7.80. The molecule has 0 aromatic heterocycles. The summed E-state index contributed by atoms with van der Waals surface area (Å²) >= 11 is 9.58. The Bertz CT molecular complexity index is 607. The Morgan fingerprint density at radius 3 is 2.71 bits per heavy atom. The lowest BCUT2D eigenvalue weighted by Gasteiger charge is -2.20. The summed E-state index contributed by atoms with van der Waals surface area (Å²) in [5.41, 5.74) is 4.82. The van der Waals surface area contributed by atoms with Gasteiger partial charge >= 0.3 is 0 Å². The van der Waals surface area contributed by atoms with Gasteiger partial charge in [-0.1, -0.05) is 42.8 Å². The van der Waals surface area contributed by atoms with Crippen molar-refractivity contribution in [3.05, 3.63) is 63.1 Å². The minimum atomic E-state index is -0.177. The van der Waals surface area contributed by atoms with Crippen molar-refractivity contribution in [3.8, 4) is 5.75 Å². The van der Waals surface area contributed by atoms with Crippen molar-refractivity contribution < 1.29 is 4.74 Å². The summed E-state index contributed by atoms with van der Waals surface area (Å²) < 4.78 is 6.67. The zero-order valence-electron chi connectivity index (χ0n) is 11.8. The van der Waals surface area contributed by atoms with E-state index in [2.05, 4.69) is 28.3 Å². The molecule has 0 saturated heterocycles. The van der Waals surface area contributed by atoms with E-state index >= 15 is 0 Å². The lowest BCUT2D eigenvalue weighted by Crippen LogP contribution is -2.29. The van der Waals surface area contributed by atoms with E-state index in [-0.39, 0.29) is 6.04 Å². The Kier molecular flexibility index (Phi) is 6.06. The number of rotatable bonds is 6. The SMILES string of the molecule is CCCOc1ccccc1C(NN)c1ccc(Br)c(Cl)c1. The molecule has 0 amide bonds. The summed E-state index contributed by atoms with van der Waals surface area (Å²) in [6.45, 7) is 2.76. The number of hydrazine groups is 1. The highest BCUT2D eigenvalue weighted by atomic mass is 79.9. The fourth-order valence-electron chi connectivity index (χ4n) is 2.12. The van der Waals surface area contributed by atoms with E-state index in [0.29, 0.717) is 11.6 Å². The molecule has 0 saturated carbocycles. The molecule has 21 heavy (non-hydrogen) atoms. The molecule has 112 valence electrons. The Morgan fingerprint density at radius 1 is 1.29 bits per heavy atom. The molecular weight excluding hydrogens is 352 g/mol. The number of benzene rings is 2. The second-order valence-electron chi connectivity index (χ2n) is 4.66. The van der Waals surface area contributed by atoms with Gasteiger partial charge in [-0.05, 0) is 46.1 Å². The van der Waals surface area contributed by atoms with Gasteiger partial charge in [0, 0.05) is 10.0 Å². The van der Waals surface area contributed by atoms with E-state index in [1.807, 2.05) is 42.5 Å². The molecule has 1 unspecified atom stereocenters. The summed E-state index contributed by atoms with van der Waals surface area (Å²) in [7, 11) is 0. The van der Waals surface area contributed by atoms with Crippen LogP contribution in [0.1, 0.15) is 30.5 Å². The van der Waals surface area contributed by atoms with E-state index in [4.69, 9.17) is 22.2 Å². The largest absolute Gasteiger partial charge is 0.493 e. The van der Waals surface area contributed by atoms with E-state index in [9.17, 15) is 0 Å². The normalized spacial score (nSPS) is 12.2. The Hall–Kier alpha value is -1.07. The molecule has 5 heteroatoms. The fourth-order valence-corrected chi connectivity index (χ4v) is 2.56. The third-order valence-corrected chi connectivity index (χ3v) is 4.37. The first-order valence-electron chi connectivity index (χ1n) is 6.80. The lowest BCUT2D eigenvalue weighted by atomic mass is 9.98. The number of para-hydroxylation sites is 1. The third-order valence-electron chi connectivity index (χ3n) is 3.14. The summed E-state index contributed by atoms with van der Waals surface area (Å²) in [6.07, 6.45) is 0.958. The Balaban J connectivity index is 2.38. The van der Waals surface area contributed by atoms with Crippen molar-refractivity contribution >= 4 is 27.5 Å². The first-order valence-corrected chi connectivity index (χ1v) is 7.97. The molecule has 0 radical (unpaired) electrons. The van der Waals surface area contributed by atoms with Crippen molar-refractivity contribution in [2.24, 2.45) is 5.84 Å². The molecule has 1 atom stereocenters. The highest BCUT2D eigenvalue weighted by Crippen LogP contribution is 2.32. The molecule has 2 aromatic rings. The average Bonchev–Trinajstić information content (AvgIpc) is 2.50. The van der Waals surface area contributed by atoms with Crippen LogP contribution in [0.15, 0.2) is 46.9 Å². The lowest BCUT2D eigenvalue weighted by molar-refractivity contribution is 0.311. The summed E-state index contributed by atoms with van der Waals surface area (Å²) in [5, 5.41) is 0.653. The van der Waals surface area contributed by atoms with E-state index in [1.165, 1.54) is 0 Å². The van der Waals surface area contributed by atoms with Gasteiger partial charge in [0.05, 0.1) is 17.7 Å². The maximum absolute atomic E-state index is 6.18. The first kappa shape index (κ1) is 16.3. The maximum Gasteiger partial charge on any atom is 0.124 e. The molecule has 2 aromatic carbocycles. The van der Waals surface area contributed by atoms with Crippen LogP contribution in [0.4, 0.5) is 0 Å². The van der Waals surface area contributed by atoms with Crippen LogP contribution in [0.2, 0.25) is 5.02 Å². The monoisotopic (exact) mass is 368 g/mol. The molecule has 0 aliphatic rings. The topological polar surface area (TPSA) is 47.3 Å². The van der Waals surface area contributed by atoms with E-state index in [0.717, 1.165) is 27.8 Å².